The SMILES string of the molecule is CC(C)(C)c1ccc2c(c1)c1cc(C(C)(C)C)cc3c1n2[B-](F)(F)[n+]1ccncc1-3. The number of hydrogen-bond acceptors (Lipinski definition) is 1. The second-order valence-electron chi connectivity index (χ2n) is 10.5. The number of rotatable bonds is 0. The van der Waals surface area contributed by atoms with E-state index in [-0.39, 0.29) is 10.8 Å². The maximum atomic E-state index is 15.8. The molecule has 1 aliphatic rings. The van der Waals surface area contributed by atoms with Crippen molar-refractivity contribution in [1.82, 2.24) is 9.46 Å². The summed E-state index contributed by atoms with van der Waals surface area (Å²) in [5.41, 5.74) is 4.53. The van der Waals surface area contributed by atoms with Crippen LogP contribution in [0.15, 0.2) is 48.9 Å². The van der Waals surface area contributed by atoms with E-state index in [2.05, 4.69) is 64.7 Å². The summed E-state index contributed by atoms with van der Waals surface area (Å²) in [6.45, 7) is 8.87. The Bertz CT molecular complexity index is 1340. The van der Waals surface area contributed by atoms with Crippen molar-refractivity contribution in [2.45, 2.75) is 52.4 Å². The smallest absolute Gasteiger partial charge is 0.389 e. The molecule has 0 aliphatic carbocycles. The van der Waals surface area contributed by atoms with Crippen LogP contribution in [0.3, 0.4) is 0 Å². The molecule has 0 amide bonds. The number of benzene rings is 2. The highest BCUT2D eigenvalue weighted by Gasteiger charge is 2.50. The molecule has 2 aromatic carbocycles. The monoisotopic (exact) mass is 405 g/mol. The van der Waals surface area contributed by atoms with Gasteiger partial charge in [0.15, 0.2) is 5.69 Å². The lowest BCUT2D eigenvalue weighted by Crippen LogP contribution is -2.66. The molecule has 1 aliphatic heterocycles. The minimum Gasteiger partial charge on any atom is -0.389 e. The van der Waals surface area contributed by atoms with Crippen molar-refractivity contribution < 1.29 is 13.1 Å². The van der Waals surface area contributed by atoms with Crippen molar-refractivity contribution in [3.63, 3.8) is 0 Å². The molecule has 0 spiro atoms. The summed E-state index contributed by atoms with van der Waals surface area (Å²) in [6.07, 6.45) is 4.38. The molecular formula is C24H26BF2N3. The predicted octanol–water partition coefficient (Wildman–Crippen LogP) is 5.82. The molecule has 0 N–H and O–H groups in total. The van der Waals surface area contributed by atoms with E-state index in [1.807, 2.05) is 12.1 Å². The normalized spacial score (nSPS) is 15.6. The fraction of sp³-hybridized carbons (Fsp3) is 0.333. The maximum Gasteiger partial charge on any atom is 0.737 e. The summed E-state index contributed by atoms with van der Waals surface area (Å²) in [4.78, 5) is 4.16. The van der Waals surface area contributed by atoms with Gasteiger partial charge in [0, 0.05) is 21.8 Å². The molecule has 3 nitrogen and oxygen atoms in total. The lowest BCUT2D eigenvalue weighted by molar-refractivity contribution is -0.558. The van der Waals surface area contributed by atoms with Crippen LogP contribution in [0.2, 0.25) is 0 Å². The first kappa shape index (κ1) is 19.2. The Labute approximate surface area is 175 Å². The van der Waals surface area contributed by atoms with Gasteiger partial charge in [-0.2, -0.15) is 0 Å². The van der Waals surface area contributed by atoms with Crippen LogP contribution < -0.4 is 4.48 Å². The second kappa shape index (κ2) is 5.68. The van der Waals surface area contributed by atoms with Crippen LogP contribution in [-0.4, -0.2) is 16.4 Å². The number of aromatic nitrogens is 3. The molecule has 6 heteroatoms. The van der Waals surface area contributed by atoms with Gasteiger partial charge in [0.2, 0.25) is 0 Å². The van der Waals surface area contributed by atoms with Gasteiger partial charge in [0.1, 0.15) is 6.20 Å². The van der Waals surface area contributed by atoms with Crippen LogP contribution >= 0.6 is 0 Å². The molecule has 0 saturated carbocycles. The lowest BCUT2D eigenvalue weighted by Gasteiger charge is -2.30. The average molecular weight is 405 g/mol. The van der Waals surface area contributed by atoms with E-state index in [1.54, 1.807) is 6.20 Å². The number of hydrogen-bond donors (Lipinski definition) is 0. The summed E-state index contributed by atoms with van der Waals surface area (Å²) in [6, 6.07) is 10.1. The van der Waals surface area contributed by atoms with Crippen molar-refractivity contribution >= 4 is 28.8 Å². The van der Waals surface area contributed by atoms with E-state index < -0.39 is 6.97 Å². The highest BCUT2D eigenvalue weighted by molar-refractivity contribution is 6.59. The average Bonchev–Trinajstić information content (AvgIpc) is 3.00. The van der Waals surface area contributed by atoms with Gasteiger partial charge in [-0.25, -0.2) is 0 Å². The summed E-state index contributed by atoms with van der Waals surface area (Å²) in [5, 5.41) is 1.77. The first-order valence-corrected chi connectivity index (χ1v) is 10.4. The van der Waals surface area contributed by atoms with E-state index in [0.717, 1.165) is 31.9 Å². The molecule has 5 rings (SSSR count). The quantitative estimate of drug-likeness (QED) is 0.338. The van der Waals surface area contributed by atoms with Crippen LogP contribution in [0.25, 0.3) is 33.1 Å². The highest BCUT2D eigenvalue weighted by Crippen LogP contribution is 2.43. The van der Waals surface area contributed by atoms with Crippen molar-refractivity contribution in [2.24, 2.45) is 0 Å². The zero-order valence-corrected chi connectivity index (χ0v) is 18.3. The highest BCUT2D eigenvalue weighted by atomic mass is 19.2. The Balaban J connectivity index is 2.03. The van der Waals surface area contributed by atoms with Gasteiger partial charge in [0.05, 0.1) is 18.0 Å². The van der Waals surface area contributed by atoms with Gasteiger partial charge in [-0.3, -0.25) is 4.98 Å². The third-order valence-electron chi connectivity index (χ3n) is 6.34. The molecule has 0 saturated heterocycles. The van der Waals surface area contributed by atoms with Gasteiger partial charge < -0.3 is 17.6 Å². The summed E-state index contributed by atoms with van der Waals surface area (Å²) >= 11 is 0. The minimum atomic E-state index is -4.03. The van der Waals surface area contributed by atoms with E-state index in [1.165, 1.54) is 16.9 Å². The Morgan fingerprint density at radius 3 is 2.23 bits per heavy atom. The molecule has 0 radical (unpaired) electrons. The molecular weight excluding hydrogens is 379 g/mol. The number of nitrogens with zero attached hydrogens (tertiary/aromatic N) is 3. The molecule has 30 heavy (non-hydrogen) atoms. The molecule has 3 heterocycles. The van der Waals surface area contributed by atoms with Crippen molar-refractivity contribution in [3.05, 3.63) is 60.0 Å². The van der Waals surface area contributed by atoms with Crippen molar-refractivity contribution in [3.8, 4) is 11.3 Å². The van der Waals surface area contributed by atoms with E-state index in [9.17, 15) is 0 Å². The number of halogens is 2. The van der Waals surface area contributed by atoms with Gasteiger partial charge >= 0.3 is 6.97 Å². The topological polar surface area (TPSA) is 21.7 Å². The zero-order chi connectivity index (χ0) is 21.6. The molecule has 2 aromatic heterocycles. The van der Waals surface area contributed by atoms with Crippen molar-refractivity contribution in [1.29, 1.82) is 0 Å². The molecule has 154 valence electrons. The van der Waals surface area contributed by atoms with Crippen LogP contribution in [0, 0.1) is 0 Å². The molecule has 4 aromatic rings. The standard InChI is InChI=1S/C24H26BF2N3/c1-23(2,3)15-7-8-20-17(11-15)18-12-16(24(4,5)6)13-19-21-14-28-9-10-29(21)25(26,27)30(20)22(18)19/h7-14H,1-6H3. The molecule has 0 atom stereocenters. The third-order valence-corrected chi connectivity index (χ3v) is 6.34. The maximum absolute atomic E-state index is 15.8. The van der Waals surface area contributed by atoms with Gasteiger partial charge in [-0.1, -0.05) is 47.6 Å². The Morgan fingerprint density at radius 1 is 0.900 bits per heavy atom. The fourth-order valence-electron chi connectivity index (χ4n) is 4.57. The van der Waals surface area contributed by atoms with Gasteiger partial charge in [-0.15, -0.1) is 0 Å². The van der Waals surface area contributed by atoms with Crippen LogP contribution in [0.5, 0.6) is 0 Å². The molecule has 0 fully saturated rings. The Kier molecular flexibility index (Phi) is 3.64. The van der Waals surface area contributed by atoms with Crippen LogP contribution in [0.1, 0.15) is 52.7 Å². The third kappa shape index (κ3) is 2.49. The summed E-state index contributed by atoms with van der Waals surface area (Å²) < 4.78 is 34.0. The largest absolute Gasteiger partial charge is 0.737 e. The molecule has 0 unspecified atom stereocenters. The first-order valence-electron chi connectivity index (χ1n) is 10.4. The predicted molar refractivity (Wildman–Crippen MR) is 119 cm³/mol. The summed E-state index contributed by atoms with van der Waals surface area (Å²) in [5.74, 6) is 0. The summed E-state index contributed by atoms with van der Waals surface area (Å²) in [7, 11) is 0. The fourth-order valence-corrected chi connectivity index (χ4v) is 4.57. The molecule has 0 bridgehead atoms. The van der Waals surface area contributed by atoms with E-state index in [4.69, 9.17) is 0 Å². The minimum absolute atomic E-state index is 0.0669. The van der Waals surface area contributed by atoms with E-state index >= 15 is 8.63 Å². The van der Waals surface area contributed by atoms with E-state index in [0.29, 0.717) is 16.7 Å². The second-order valence-corrected chi connectivity index (χ2v) is 10.5. The Hall–Kier alpha value is -2.76. The van der Waals surface area contributed by atoms with Gasteiger partial charge in [0.25, 0.3) is 0 Å². The number of fused-ring (bicyclic) bond motifs is 5. The Morgan fingerprint density at radius 2 is 1.57 bits per heavy atom. The van der Waals surface area contributed by atoms with Crippen molar-refractivity contribution in [2.75, 3.05) is 0 Å². The lowest BCUT2D eigenvalue weighted by atomic mass is 9.82. The van der Waals surface area contributed by atoms with Crippen LogP contribution in [-0.2, 0) is 10.8 Å². The first-order chi connectivity index (χ1) is 13.9. The zero-order valence-electron chi connectivity index (χ0n) is 18.3. The van der Waals surface area contributed by atoms with Gasteiger partial charge in [-0.05, 0) is 46.2 Å². The van der Waals surface area contributed by atoms with Crippen LogP contribution in [0.4, 0.5) is 8.63 Å².